The minimum absolute atomic E-state index is 0.0705. The van der Waals surface area contributed by atoms with Crippen LogP contribution in [0.1, 0.15) is 103 Å². The van der Waals surface area contributed by atoms with Crippen LogP contribution < -0.4 is 5.32 Å². The summed E-state index contributed by atoms with van der Waals surface area (Å²) in [4.78, 5) is 23.2. The molecule has 0 radical (unpaired) electrons. The van der Waals surface area contributed by atoms with Crippen molar-refractivity contribution < 1.29 is 14.7 Å². The second kappa shape index (κ2) is 21.7. The summed E-state index contributed by atoms with van der Waals surface area (Å²) in [6.45, 7) is 20.0. The largest absolute Gasteiger partial charge is 0.481 e. The standard InChI is InChI=1S/C29H38ClN3O3.2C2H6/c1-5-10-21(13-9-12-20(7-3)29(36)31-19-18-26(34)35)27(22-14-16-23(30)17-15-22)28-24(11-6-2)25(8-4)32-33-28;2*1-2/h6-9,11,13-14,16,20-21,27H,3-5,10,12,15,17-19H2,1-2H3,(H,31,36)(H,32,33)(H,34,35);2*1-2H3/b11-6-,13-9+;;. The Balaban J connectivity index is 0.00000363. The number of aromatic nitrogens is 2. The maximum absolute atomic E-state index is 12.5. The number of nitrogens with zero attached hydrogens (tertiary/aromatic N) is 1. The summed E-state index contributed by atoms with van der Waals surface area (Å²) in [6.07, 6.45) is 19.8. The summed E-state index contributed by atoms with van der Waals surface area (Å²) in [5.41, 5.74) is 4.20. The predicted molar refractivity (Wildman–Crippen MR) is 171 cm³/mol. The van der Waals surface area contributed by atoms with Crippen LogP contribution in [0.4, 0.5) is 0 Å². The highest BCUT2D eigenvalue weighted by molar-refractivity contribution is 6.29. The lowest BCUT2D eigenvalue weighted by Gasteiger charge is -2.29. The number of allylic oxidation sites excluding steroid dienone is 7. The van der Waals surface area contributed by atoms with Gasteiger partial charge in [0, 0.05) is 23.1 Å². The van der Waals surface area contributed by atoms with Crippen LogP contribution in [0.3, 0.4) is 0 Å². The number of hydrogen-bond donors (Lipinski definition) is 3. The van der Waals surface area contributed by atoms with E-state index in [1.54, 1.807) is 12.2 Å². The van der Waals surface area contributed by atoms with Crippen LogP contribution in [0.15, 0.2) is 60.2 Å². The highest BCUT2D eigenvalue weighted by Crippen LogP contribution is 2.41. The topological polar surface area (TPSA) is 95.1 Å². The first-order valence-corrected chi connectivity index (χ1v) is 14.9. The van der Waals surface area contributed by atoms with Crippen LogP contribution in [0.25, 0.3) is 12.2 Å². The van der Waals surface area contributed by atoms with Gasteiger partial charge in [-0.05, 0) is 50.7 Å². The van der Waals surface area contributed by atoms with E-state index in [4.69, 9.17) is 16.7 Å². The Morgan fingerprint density at radius 2 is 1.90 bits per heavy atom. The van der Waals surface area contributed by atoms with Crippen molar-refractivity contribution in [3.63, 3.8) is 0 Å². The van der Waals surface area contributed by atoms with Crippen molar-refractivity contribution in [2.24, 2.45) is 11.8 Å². The van der Waals surface area contributed by atoms with Crippen LogP contribution in [-0.2, 0) is 9.59 Å². The summed E-state index contributed by atoms with van der Waals surface area (Å²) in [5, 5.41) is 20.1. The van der Waals surface area contributed by atoms with Gasteiger partial charge in [0.2, 0.25) is 5.91 Å². The van der Waals surface area contributed by atoms with Crippen LogP contribution in [0, 0.1) is 11.8 Å². The number of halogens is 1. The minimum Gasteiger partial charge on any atom is -0.481 e. The Kier molecular flexibility index (Phi) is 20.0. The molecule has 40 heavy (non-hydrogen) atoms. The molecule has 2 rings (SSSR count). The summed E-state index contributed by atoms with van der Waals surface area (Å²) >= 11 is 6.28. The third-order valence-corrected chi connectivity index (χ3v) is 6.63. The lowest BCUT2D eigenvalue weighted by molar-refractivity contribution is -0.137. The number of nitrogens with one attached hydrogen (secondary N) is 2. The molecule has 1 aromatic heterocycles. The molecule has 0 bridgehead atoms. The van der Waals surface area contributed by atoms with Crippen molar-refractivity contribution in [3.05, 3.63) is 77.2 Å². The number of carboxylic acid groups (broad SMARTS) is 1. The van der Waals surface area contributed by atoms with Crippen molar-refractivity contribution >= 4 is 35.6 Å². The van der Waals surface area contributed by atoms with Crippen molar-refractivity contribution in [2.75, 3.05) is 6.54 Å². The molecule has 1 heterocycles. The third kappa shape index (κ3) is 12.0. The van der Waals surface area contributed by atoms with Crippen molar-refractivity contribution in [1.82, 2.24) is 15.5 Å². The number of carboxylic acids is 1. The van der Waals surface area contributed by atoms with Gasteiger partial charge in [-0.3, -0.25) is 14.7 Å². The van der Waals surface area contributed by atoms with E-state index in [2.05, 4.69) is 53.8 Å². The Morgan fingerprint density at radius 1 is 1.20 bits per heavy atom. The molecule has 0 saturated carbocycles. The SMILES string of the molecule is C=Cc1n[nH]c(C(C2=CC=C(Cl)CC2)C(/C=C/CC(C=C)C(=O)NCCC(=O)O)CCC)c1/C=C\C.CC.CC. The summed E-state index contributed by atoms with van der Waals surface area (Å²) in [5.74, 6) is -1.34. The number of aromatic amines is 1. The molecule has 7 heteroatoms. The fourth-order valence-electron chi connectivity index (χ4n) is 4.52. The molecule has 1 aromatic rings. The van der Waals surface area contributed by atoms with Crippen molar-refractivity contribution in [1.29, 1.82) is 0 Å². The molecule has 3 unspecified atom stereocenters. The zero-order valence-electron chi connectivity index (χ0n) is 25.3. The average molecular weight is 572 g/mol. The molecule has 0 aliphatic heterocycles. The van der Waals surface area contributed by atoms with E-state index in [1.165, 1.54) is 5.57 Å². The number of hydrogen-bond acceptors (Lipinski definition) is 3. The van der Waals surface area contributed by atoms with Crippen LogP contribution >= 0.6 is 11.6 Å². The first kappa shape index (κ1) is 36.9. The Bertz CT molecular complexity index is 1050. The number of carbonyl (C=O) groups excluding carboxylic acids is 1. The molecule has 222 valence electrons. The number of H-pyrrole nitrogens is 1. The van der Waals surface area contributed by atoms with Gasteiger partial charge in [0.1, 0.15) is 0 Å². The first-order chi connectivity index (χ1) is 19.4. The van der Waals surface area contributed by atoms with Gasteiger partial charge in [0.05, 0.1) is 23.7 Å². The van der Waals surface area contributed by atoms with E-state index >= 15 is 0 Å². The zero-order chi connectivity index (χ0) is 30.5. The van der Waals surface area contributed by atoms with E-state index in [-0.39, 0.29) is 30.7 Å². The van der Waals surface area contributed by atoms with Crippen molar-refractivity contribution in [2.45, 2.75) is 86.0 Å². The van der Waals surface area contributed by atoms with Gasteiger partial charge in [-0.25, -0.2) is 0 Å². The molecule has 0 saturated heterocycles. The zero-order valence-corrected chi connectivity index (χ0v) is 26.1. The lowest BCUT2D eigenvalue weighted by atomic mass is 9.76. The average Bonchev–Trinajstić information content (AvgIpc) is 3.36. The normalized spacial score (nSPS) is 15.0. The molecular formula is C33H50ClN3O3. The van der Waals surface area contributed by atoms with Gasteiger partial charge in [-0.15, -0.1) is 6.58 Å². The Hall–Kier alpha value is -3.12. The van der Waals surface area contributed by atoms with Crippen molar-refractivity contribution in [3.8, 4) is 0 Å². The van der Waals surface area contributed by atoms with E-state index in [1.807, 2.05) is 52.8 Å². The monoisotopic (exact) mass is 571 g/mol. The maximum Gasteiger partial charge on any atom is 0.305 e. The third-order valence-electron chi connectivity index (χ3n) is 6.31. The predicted octanol–water partition coefficient (Wildman–Crippen LogP) is 8.82. The van der Waals surface area contributed by atoms with E-state index in [9.17, 15) is 9.59 Å². The molecule has 0 aromatic carbocycles. The van der Waals surface area contributed by atoms with E-state index < -0.39 is 11.9 Å². The molecule has 1 aliphatic rings. The number of rotatable bonds is 15. The van der Waals surface area contributed by atoms with Gasteiger partial charge < -0.3 is 10.4 Å². The fraction of sp³-hybridized carbons (Fsp3) is 0.485. The minimum atomic E-state index is -0.942. The fourth-order valence-corrected chi connectivity index (χ4v) is 4.67. The molecule has 3 atom stereocenters. The highest BCUT2D eigenvalue weighted by atomic mass is 35.5. The second-order valence-corrected chi connectivity index (χ2v) is 9.35. The molecular weight excluding hydrogens is 522 g/mol. The van der Waals surface area contributed by atoms with Crippen LogP contribution in [-0.4, -0.2) is 33.7 Å². The second-order valence-electron chi connectivity index (χ2n) is 8.87. The number of carbonyl (C=O) groups is 2. The molecule has 3 N–H and O–H groups in total. The van der Waals surface area contributed by atoms with Crippen LogP contribution in [0.2, 0.25) is 0 Å². The first-order valence-electron chi connectivity index (χ1n) is 14.5. The number of amides is 1. The van der Waals surface area contributed by atoms with Crippen LogP contribution in [0.5, 0.6) is 0 Å². The van der Waals surface area contributed by atoms with Gasteiger partial charge in [0.15, 0.2) is 0 Å². The molecule has 0 spiro atoms. The Morgan fingerprint density at radius 3 is 2.42 bits per heavy atom. The lowest BCUT2D eigenvalue weighted by Crippen LogP contribution is -2.31. The quantitative estimate of drug-likeness (QED) is 0.183. The molecule has 1 aliphatic carbocycles. The van der Waals surface area contributed by atoms with Gasteiger partial charge in [-0.2, -0.15) is 5.10 Å². The highest BCUT2D eigenvalue weighted by Gasteiger charge is 2.29. The molecule has 6 nitrogen and oxygen atoms in total. The Labute approximate surface area is 247 Å². The van der Waals surface area contributed by atoms with E-state index in [0.29, 0.717) is 6.42 Å². The summed E-state index contributed by atoms with van der Waals surface area (Å²) in [7, 11) is 0. The van der Waals surface area contributed by atoms with Gasteiger partial charge in [0.25, 0.3) is 0 Å². The smallest absolute Gasteiger partial charge is 0.305 e. The molecule has 0 fully saturated rings. The van der Waals surface area contributed by atoms with E-state index in [0.717, 1.165) is 47.7 Å². The molecule has 1 amide bonds. The van der Waals surface area contributed by atoms with Gasteiger partial charge >= 0.3 is 5.97 Å². The summed E-state index contributed by atoms with van der Waals surface area (Å²) < 4.78 is 0. The summed E-state index contributed by atoms with van der Waals surface area (Å²) in [6, 6.07) is 0. The van der Waals surface area contributed by atoms with Gasteiger partial charge in [-0.1, -0.05) is 101 Å². The number of aliphatic carboxylic acids is 1. The maximum atomic E-state index is 12.5.